The van der Waals surface area contributed by atoms with Crippen molar-refractivity contribution >= 4 is 16.7 Å². The fourth-order valence-corrected chi connectivity index (χ4v) is 1.64. The summed E-state index contributed by atoms with van der Waals surface area (Å²) in [6.07, 6.45) is 2.04. The lowest BCUT2D eigenvalue weighted by Crippen LogP contribution is -2.31. The van der Waals surface area contributed by atoms with Crippen molar-refractivity contribution in [2.24, 2.45) is 11.1 Å². The second-order valence-electron chi connectivity index (χ2n) is 4.49. The molecule has 3 N–H and O–H groups in total. The highest BCUT2D eigenvalue weighted by atomic mass is 32.1. The summed E-state index contributed by atoms with van der Waals surface area (Å²) in [4.78, 5) is 4.39. The van der Waals surface area contributed by atoms with Gasteiger partial charge in [0.05, 0.1) is 0 Å². The number of nitrogens with two attached hydrogens (primary N) is 1. The molecule has 15 heavy (non-hydrogen) atoms. The van der Waals surface area contributed by atoms with Crippen LogP contribution >= 0.6 is 11.5 Å². The molecule has 1 aromatic rings. The van der Waals surface area contributed by atoms with Gasteiger partial charge in [-0.05, 0) is 18.4 Å². The summed E-state index contributed by atoms with van der Waals surface area (Å²) in [5.41, 5.74) is 5.76. The molecule has 1 rings (SSSR count). The zero-order valence-electron chi connectivity index (χ0n) is 9.71. The van der Waals surface area contributed by atoms with Crippen LogP contribution in [0, 0.1) is 5.41 Å². The van der Waals surface area contributed by atoms with Crippen LogP contribution in [0.5, 0.6) is 0 Å². The van der Waals surface area contributed by atoms with Crippen molar-refractivity contribution in [3.05, 3.63) is 5.82 Å². The third-order valence-corrected chi connectivity index (χ3v) is 2.92. The molecular formula is C10H20N4S. The molecule has 0 bridgehead atoms. The Morgan fingerprint density at radius 2 is 2.20 bits per heavy atom. The van der Waals surface area contributed by atoms with Gasteiger partial charge in [-0.25, -0.2) is 4.98 Å². The van der Waals surface area contributed by atoms with Crippen molar-refractivity contribution in [3.63, 3.8) is 0 Å². The third kappa shape index (κ3) is 4.13. The normalized spacial score (nSPS) is 11.7. The Kier molecular flexibility index (Phi) is 4.47. The summed E-state index contributed by atoms with van der Waals surface area (Å²) in [5.74, 6) is 0.940. The van der Waals surface area contributed by atoms with Crippen LogP contribution in [0.3, 0.4) is 0 Å². The van der Waals surface area contributed by atoms with Crippen molar-refractivity contribution < 1.29 is 0 Å². The van der Waals surface area contributed by atoms with Crippen molar-refractivity contribution in [3.8, 4) is 0 Å². The van der Waals surface area contributed by atoms with E-state index in [0.717, 1.165) is 30.3 Å². The number of hydrogen-bond acceptors (Lipinski definition) is 5. The minimum absolute atomic E-state index is 0.108. The molecule has 0 aromatic carbocycles. The van der Waals surface area contributed by atoms with Gasteiger partial charge in [0.25, 0.3) is 0 Å². The van der Waals surface area contributed by atoms with Gasteiger partial charge in [0, 0.05) is 24.5 Å². The summed E-state index contributed by atoms with van der Waals surface area (Å²) < 4.78 is 4.27. The molecule has 0 saturated carbocycles. The van der Waals surface area contributed by atoms with Gasteiger partial charge in [0.2, 0.25) is 5.13 Å². The molecule has 0 amide bonds. The molecule has 1 aromatic heterocycles. The molecule has 0 fully saturated rings. The van der Waals surface area contributed by atoms with Gasteiger partial charge in [-0.1, -0.05) is 20.8 Å². The lowest BCUT2D eigenvalue weighted by Gasteiger charge is -2.21. The Morgan fingerprint density at radius 1 is 1.47 bits per heavy atom. The molecule has 0 aliphatic carbocycles. The van der Waals surface area contributed by atoms with Gasteiger partial charge < -0.3 is 11.1 Å². The maximum atomic E-state index is 5.65. The summed E-state index contributed by atoms with van der Waals surface area (Å²) in [6.45, 7) is 7.90. The van der Waals surface area contributed by atoms with E-state index in [1.807, 2.05) is 0 Å². The number of aryl methyl sites for hydroxylation is 1. The number of aromatic nitrogens is 2. The Morgan fingerprint density at radius 3 is 2.80 bits per heavy atom. The number of hydrogen-bond donors (Lipinski definition) is 2. The molecule has 4 nitrogen and oxygen atoms in total. The van der Waals surface area contributed by atoms with Crippen LogP contribution in [-0.4, -0.2) is 22.4 Å². The van der Waals surface area contributed by atoms with Crippen molar-refractivity contribution in [1.29, 1.82) is 0 Å². The summed E-state index contributed by atoms with van der Waals surface area (Å²) in [6, 6.07) is 0. The van der Waals surface area contributed by atoms with Gasteiger partial charge in [0.1, 0.15) is 5.82 Å². The average molecular weight is 228 g/mol. The Hall–Kier alpha value is -0.680. The van der Waals surface area contributed by atoms with Crippen molar-refractivity contribution in [2.75, 3.05) is 18.4 Å². The fourth-order valence-electron chi connectivity index (χ4n) is 1.04. The first-order valence-electron chi connectivity index (χ1n) is 5.34. The Balaban J connectivity index is 2.44. The van der Waals surface area contributed by atoms with Crippen LogP contribution < -0.4 is 11.1 Å². The SMILES string of the molecule is CCCc1nsc(NCC(C)(C)CN)n1. The fraction of sp³-hybridized carbons (Fsp3) is 0.800. The molecule has 86 valence electrons. The largest absolute Gasteiger partial charge is 0.360 e. The molecular weight excluding hydrogens is 208 g/mol. The van der Waals surface area contributed by atoms with Gasteiger partial charge >= 0.3 is 0 Å². The molecule has 0 unspecified atom stereocenters. The molecule has 5 heteroatoms. The summed E-state index contributed by atoms with van der Waals surface area (Å²) in [5, 5.41) is 4.18. The zero-order chi connectivity index (χ0) is 11.3. The number of anilines is 1. The van der Waals surface area contributed by atoms with E-state index in [2.05, 4.69) is 35.4 Å². The van der Waals surface area contributed by atoms with E-state index in [9.17, 15) is 0 Å². The minimum atomic E-state index is 0.108. The second kappa shape index (κ2) is 5.42. The van der Waals surface area contributed by atoms with Gasteiger partial charge in [0.15, 0.2) is 0 Å². The van der Waals surface area contributed by atoms with E-state index in [1.54, 1.807) is 0 Å². The maximum Gasteiger partial charge on any atom is 0.202 e. The topological polar surface area (TPSA) is 63.8 Å². The van der Waals surface area contributed by atoms with Crippen LogP contribution in [0.15, 0.2) is 0 Å². The van der Waals surface area contributed by atoms with Crippen molar-refractivity contribution in [2.45, 2.75) is 33.6 Å². The second-order valence-corrected chi connectivity index (χ2v) is 5.24. The smallest absolute Gasteiger partial charge is 0.202 e. The zero-order valence-corrected chi connectivity index (χ0v) is 10.5. The highest BCUT2D eigenvalue weighted by Crippen LogP contribution is 2.17. The van der Waals surface area contributed by atoms with Gasteiger partial charge in [-0.3, -0.25) is 0 Å². The summed E-state index contributed by atoms with van der Waals surface area (Å²) >= 11 is 1.43. The highest BCUT2D eigenvalue weighted by molar-refractivity contribution is 7.09. The lowest BCUT2D eigenvalue weighted by molar-refractivity contribution is 0.405. The first-order valence-corrected chi connectivity index (χ1v) is 6.11. The Labute approximate surface area is 95.5 Å². The Bertz CT molecular complexity index is 295. The van der Waals surface area contributed by atoms with Gasteiger partial charge in [-0.2, -0.15) is 4.37 Å². The molecule has 0 radical (unpaired) electrons. The molecule has 0 aliphatic rings. The summed E-state index contributed by atoms with van der Waals surface area (Å²) in [7, 11) is 0. The number of nitrogens with zero attached hydrogens (tertiary/aromatic N) is 2. The molecule has 0 atom stereocenters. The number of rotatable bonds is 6. The lowest BCUT2D eigenvalue weighted by atomic mass is 9.94. The van der Waals surface area contributed by atoms with Gasteiger partial charge in [-0.15, -0.1) is 0 Å². The monoisotopic (exact) mass is 228 g/mol. The van der Waals surface area contributed by atoms with Crippen molar-refractivity contribution in [1.82, 2.24) is 9.36 Å². The average Bonchev–Trinajstić information content (AvgIpc) is 2.64. The molecule has 0 spiro atoms. The van der Waals surface area contributed by atoms with E-state index in [0.29, 0.717) is 6.54 Å². The van der Waals surface area contributed by atoms with Crippen LogP contribution in [0.2, 0.25) is 0 Å². The third-order valence-electron chi connectivity index (χ3n) is 2.21. The first kappa shape index (κ1) is 12.4. The van der Waals surface area contributed by atoms with E-state index in [4.69, 9.17) is 5.73 Å². The standard InChI is InChI=1S/C10H20N4S/c1-4-5-8-13-9(15-14-8)12-7-10(2,3)6-11/h4-7,11H2,1-3H3,(H,12,13,14). The quantitative estimate of drug-likeness (QED) is 0.780. The van der Waals surface area contributed by atoms with E-state index < -0.39 is 0 Å². The first-order chi connectivity index (χ1) is 7.07. The molecule has 0 aliphatic heterocycles. The highest BCUT2D eigenvalue weighted by Gasteiger charge is 2.15. The molecule has 1 heterocycles. The van der Waals surface area contributed by atoms with E-state index >= 15 is 0 Å². The predicted molar refractivity (Wildman–Crippen MR) is 65.2 cm³/mol. The molecule has 0 saturated heterocycles. The maximum absolute atomic E-state index is 5.65. The predicted octanol–water partition coefficient (Wildman–Crippen LogP) is 1.89. The van der Waals surface area contributed by atoms with Crippen LogP contribution in [-0.2, 0) is 6.42 Å². The minimum Gasteiger partial charge on any atom is -0.360 e. The van der Waals surface area contributed by atoms with E-state index in [1.165, 1.54) is 11.5 Å². The van der Waals surface area contributed by atoms with Crippen LogP contribution in [0.4, 0.5) is 5.13 Å². The van der Waals surface area contributed by atoms with Crippen LogP contribution in [0.1, 0.15) is 33.0 Å². The van der Waals surface area contributed by atoms with E-state index in [-0.39, 0.29) is 5.41 Å². The van der Waals surface area contributed by atoms with Crippen LogP contribution in [0.25, 0.3) is 0 Å². The number of nitrogens with one attached hydrogen (secondary N) is 1.